The molecular formula is C35H36O7. The Labute approximate surface area is 247 Å². The molecule has 4 aromatic rings. The molecule has 1 aliphatic carbocycles. The van der Waals surface area contributed by atoms with Gasteiger partial charge in [-0.15, -0.1) is 0 Å². The van der Waals surface area contributed by atoms with Crippen LogP contribution in [-0.2, 0) is 0 Å². The Morgan fingerprint density at radius 3 is 1.62 bits per heavy atom. The molecule has 0 N–H and O–H groups in total. The van der Waals surface area contributed by atoms with E-state index in [1.165, 1.54) is 0 Å². The van der Waals surface area contributed by atoms with Crippen molar-refractivity contribution in [1.82, 2.24) is 0 Å². The van der Waals surface area contributed by atoms with Crippen molar-refractivity contribution in [2.24, 2.45) is 0 Å². The van der Waals surface area contributed by atoms with Crippen molar-refractivity contribution in [3.63, 3.8) is 0 Å². The molecule has 2 atom stereocenters. The number of hydrogen-bond donors (Lipinski definition) is 0. The molecule has 0 bridgehead atoms. The predicted molar refractivity (Wildman–Crippen MR) is 164 cm³/mol. The highest BCUT2D eigenvalue weighted by atomic mass is 16.5. The van der Waals surface area contributed by atoms with Gasteiger partial charge in [-0.3, -0.25) is 0 Å². The summed E-state index contributed by atoms with van der Waals surface area (Å²) in [6.07, 6.45) is 2.22. The molecular weight excluding hydrogens is 532 g/mol. The zero-order valence-electron chi connectivity index (χ0n) is 25.0. The predicted octanol–water partition coefficient (Wildman–Crippen LogP) is 7.22. The van der Waals surface area contributed by atoms with E-state index in [1.54, 1.807) is 49.8 Å². The molecule has 0 saturated heterocycles. The van der Waals surface area contributed by atoms with Crippen molar-refractivity contribution in [2.45, 2.75) is 11.8 Å². The van der Waals surface area contributed by atoms with Gasteiger partial charge in [0.15, 0.2) is 11.5 Å². The standard InChI is InChI=1S/C35H36O7/c1-36-24-11-8-21(9-12-24)14-28-29-19-27(39-4)20-32(42-7)35(29)34(22-10-13-30(40-5)31(17-22)41-6)33(28)23-15-25(37-2)18-26(16-23)38-3/h8-20,33-34H,1-7H3/b28-14-/t33-,34+/m1/s1. The minimum absolute atomic E-state index is 0.148. The molecule has 1 aliphatic rings. The number of fused-ring (bicyclic) bond motifs is 1. The monoisotopic (exact) mass is 568 g/mol. The lowest BCUT2D eigenvalue weighted by Gasteiger charge is -2.25. The maximum absolute atomic E-state index is 6.03. The number of benzene rings is 4. The molecule has 5 rings (SSSR count). The van der Waals surface area contributed by atoms with Crippen molar-refractivity contribution >= 4 is 11.6 Å². The Kier molecular flexibility index (Phi) is 8.48. The van der Waals surface area contributed by atoms with Gasteiger partial charge in [0, 0.05) is 29.5 Å². The van der Waals surface area contributed by atoms with Crippen molar-refractivity contribution in [2.75, 3.05) is 49.8 Å². The first kappa shape index (κ1) is 28.7. The quantitative estimate of drug-likeness (QED) is 0.200. The number of allylic oxidation sites excluding steroid dienone is 1. The molecule has 0 saturated carbocycles. The van der Waals surface area contributed by atoms with E-state index < -0.39 is 0 Å². The lowest BCUT2D eigenvalue weighted by Crippen LogP contribution is -2.10. The fourth-order valence-electron chi connectivity index (χ4n) is 5.80. The third-order valence-corrected chi connectivity index (χ3v) is 7.80. The fourth-order valence-corrected chi connectivity index (χ4v) is 5.80. The molecule has 42 heavy (non-hydrogen) atoms. The van der Waals surface area contributed by atoms with Crippen molar-refractivity contribution in [3.8, 4) is 40.2 Å². The lowest BCUT2D eigenvalue weighted by molar-refractivity contribution is 0.354. The molecule has 0 aliphatic heterocycles. The van der Waals surface area contributed by atoms with Crippen molar-refractivity contribution < 1.29 is 33.2 Å². The third kappa shape index (κ3) is 5.30. The summed E-state index contributed by atoms with van der Waals surface area (Å²) in [5.74, 6) is 4.67. The maximum atomic E-state index is 6.03. The molecule has 7 heteroatoms. The molecule has 0 fully saturated rings. The first-order valence-corrected chi connectivity index (χ1v) is 13.5. The largest absolute Gasteiger partial charge is 0.497 e. The molecule has 0 spiro atoms. The van der Waals surface area contributed by atoms with Crippen LogP contribution in [0, 0.1) is 0 Å². The van der Waals surface area contributed by atoms with Crippen LogP contribution in [0.2, 0.25) is 0 Å². The Balaban J connectivity index is 1.85. The van der Waals surface area contributed by atoms with E-state index in [0.29, 0.717) is 28.7 Å². The second kappa shape index (κ2) is 12.4. The summed E-state index contributed by atoms with van der Waals surface area (Å²) in [4.78, 5) is 0. The zero-order chi connectivity index (χ0) is 29.8. The molecule has 7 nitrogen and oxygen atoms in total. The molecule has 0 amide bonds. The van der Waals surface area contributed by atoms with Gasteiger partial charge in [-0.1, -0.05) is 24.3 Å². The van der Waals surface area contributed by atoms with Crippen LogP contribution in [0.1, 0.15) is 39.7 Å². The van der Waals surface area contributed by atoms with E-state index in [9.17, 15) is 0 Å². The third-order valence-electron chi connectivity index (χ3n) is 7.80. The van der Waals surface area contributed by atoms with E-state index in [4.69, 9.17) is 33.2 Å². The van der Waals surface area contributed by atoms with Crippen LogP contribution in [0.4, 0.5) is 0 Å². The zero-order valence-corrected chi connectivity index (χ0v) is 25.0. The number of hydrogen-bond acceptors (Lipinski definition) is 7. The van der Waals surface area contributed by atoms with Gasteiger partial charge < -0.3 is 33.2 Å². The van der Waals surface area contributed by atoms with Crippen molar-refractivity contribution in [3.05, 3.63) is 101 Å². The van der Waals surface area contributed by atoms with Gasteiger partial charge in [-0.05, 0) is 70.3 Å². The topological polar surface area (TPSA) is 64.6 Å². The summed E-state index contributed by atoms with van der Waals surface area (Å²) < 4.78 is 39.9. The van der Waals surface area contributed by atoms with Gasteiger partial charge >= 0.3 is 0 Å². The average molecular weight is 569 g/mol. The molecule has 0 unspecified atom stereocenters. The summed E-state index contributed by atoms with van der Waals surface area (Å²) in [5.41, 5.74) is 6.30. The second-order valence-corrected chi connectivity index (χ2v) is 9.88. The van der Waals surface area contributed by atoms with Crippen LogP contribution in [0.3, 0.4) is 0 Å². The normalized spacial score (nSPS) is 16.5. The summed E-state index contributed by atoms with van der Waals surface area (Å²) >= 11 is 0. The minimum Gasteiger partial charge on any atom is -0.497 e. The smallest absolute Gasteiger partial charge is 0.161 e. The number of ether oxygens (including phenoxy) is 7. The van der Waals surface area contributed by atoms with Gasteiger partial charge in [0.1, 0.15) is 28.7 Å². The SMILES string of the molecule is COc1ccc(/C=C2/c3cc(OC)cc(OC)c3[C@@H](c3ccc(OC)c(OC)c3)[C@@H]2c2cc(OC)cc(OC)c2)cc1. The van der Waals surface area contributed by atoms with Crippen molar-refractivity contribution in [1.29, 1.82) is 0 Å². The van der Waals surface area contributed by atoms with E-state index in [0.717, 1.165) is 44.9 Å². The van der Waals surface area contributed by atoms with Crippen LogP contribution in [0.5, 0.6) is 40.2 Å². The summed E-state index contributed by atoms with van der Waals surface area (Å²) in [6, 6.07) is 24.1. The maximum Gasteiger partial charge on any atom is 0.161 e. The Morgan fingerprint density at radius 1 is 0.452 bits per heavy atom. The van der Waals surface area contributed by atoms with E-state index in [1.807, 2.05) is 36.4 Å². The fraction of sp³-hybridized carbons (Fsp3) is 0.257. The number of rotatable bonds is 10. The number of methoxy groups -OCH3 is 7. The highest BCUT2D eigenvalue weighted by Crippen LogP contribution is 2.59. The van der Waals surface area contributed by atoms with Gasteiger partial charge in [-0.2, -0.15) is 0 Å². The molecule has 218 valence electrons. The molecule has 0 heterocycles. The lowest BCUT2D eigenvalue weighted by atomic mass is 9.79. The Bertz CT molecular complexity index is 1570. The minimum atomic E-state index is -0.151. The molecule has 0 radical (unpaired) electrons. The Morgan fingerprint density at radius 2 is 1.05 bits per heavy atom. The summed E-state index contributed by atoms with van der Waals surface area (Å²) in [7, 11) is 11.6. The van der Waals surface area contributed by atoms with E-state index >= 15 is 0 Å². The van der Waals surface area contributed by atoms with Gasteiger partial charge in [0.05, 0.1) is 49.8 Å². The first-order chi connectivity index (χ1) is 20.5. The summed E-state index contributed by atoms with van der Waals surface area (Å²) in [5, 5.41) is 0. The Hall–Kier alpha value is -4.78. The highest BCUT2D eigenvalue weighted by molar-refractivity contribution is 5.93. The van der Waals surface area contributed by atoms with E-state index in [-0.39, 0.29) is 11.8 Å². The summed E-state index contributed by atoms with van der Waals surface area (Å²) in [6.45, 7) is 0. The van der Waals surface area contributed by atoms with Gasteiger partial charge in [0.2, 0.25) is 0 Å². The van der Waals surface area contributed by atoms with Crippen LogP contribution in [0.15, 0.2) is 72.8 Å². The van der Waals surface area contributed by atoms with E-state index in [2.05, 4.69) is 42.5 Å². The highest BCUT2D eigenvalue weighted by Gasteiger charge is 2.42. The van der Waals surface area contributed by atoms with Crippen LogP contribution < -0.4 is 33.2 Å². The van der Waals surface area contributed by atoms with Crippen LogP contribution >= 0.6 is 0 Å². The molecule has 4 aromatic carbocycles. The first-order valence-electron chi connectivity index (χ1n) is 13.5. The second-order valence-electron chi connectivity index (χ2n) is 9.88. The molecule has 0 aromatic heterocycles. The van der Waals surface area contributed by atoms with Crippen LogP contribution in [0.25, 0.3) is 11.6 Å². The van der Waals surface area contributed by atoms with Crippen LogP contribution in [-0.4, -0.2) is 49.8 Å². The van der Waals surface area contributed by atoms with Gasteiger partial charge in [-0.25, -0.2) is 0 Å². The van der Waals surface area contributed by atoms with Gasteiger partial charge in [0.25, 0.3) is 0 Å². The average Bonchev–Trinajstić information content (AvgIpc) is 3.37.